The summed E-state index contributed by atoms with van der Waals surface area (Å²) in [6.45, 7) is 5.51. The number of aryl methyl sites for hydroxylation is 1. The molecule has 4 rings (SSSR count). The zero-order chi connectivity index (χ0) is 23.4. The van der Waals surface area contributed by atoms with E-state index in [-0.39, 0.29) is 36.1 Å². The summed E-state index contributed by atoms with van der Waals surface area (Å²) in [7, 11) is -3.85. The fraction of sp³-hybridized carbons (Fsp3) is 0.500. The number of nitrogens with one attached hydrogen (secondary N) is 1. The molecule has 3 heterocycles. The van der Waals surface area contributed by atoms with Gasteiger partial charge in [-0.2, -0.15) is 4.31 Å². The zero-order valence-electron chi connectivity index (χ0n) is 18.5. The van der Waals surface area contributed by atoms with Crippen LogP contribution in [0.4, 0.5) is 4.39 Å². The van der Waals surface area contributed by atoms with E-state index in [4.69, 9.17) is 13.9 Å². The Morgan fingerprint density at radius 2 is 1.73 bits per heavy atom. The van der Waals surface area contributed by atoms with Gasteiger partial charge in [-0.25, -0.2) is 12.8 Å². The van der Waals surface area contributed by atoms with Crippen LogP contribution in [0.1, 0.15) is 27.9 Å². The highest BCUT2D eigenvalue weighted by molar-refractivity contribution is 7.89. The van der Waals surface area contributed by atoms with E-state index in [1.807, 2.05) is 19.1 Å². The Kier molecular flexibility index (Phi) is 7.45. The first-order valence-electron chi connectivity index (χ1n) is 10.9. The Hall–Kier alpha value is -2.31. The number of hydrogen-bond acceptors (Lipinski definition) is 7. The summed E-state index contributed by atoms with van der Waals surface area (Å²) < 4.78 is 58.0. The summed E-state index contributed by atoms with van der Waals surface area (Å²) in [5, 5.41) is 2.75. The Bertz CT molecular complexity index is 1080. The predicted octanol–water partition coefficient (Wildman–Crippen LogP) is 1.55. The highest BCUT2D eigenvalue weighted by atomic mass is 32.2. The normalized spacial score (nSPS) is 19.3. The van der Waals surface area contributed by atoms with Crippen molar-refractivity contribution in [1.29, 1.82) is 0 Å². The molecule has 0 aliphatic carbocycles. The number of benzene rings is 1. The fourth-order valence-corrected chi connectivity index (χ4v) is 5.43. The van der Waals surface area contributed by atoms with Crippen LogP contribution in [0.5, 0.6) is 0 Å². The van der Waals surface area contributed by atoms with Gasteiger partial charge in [0.1, 0.15) is 17.3 Å². The molecular formula is C22H28FN3O6S. The smallest absolute Gasteiger partial charge is 0.254 e. The summed E-state index contributed by atoms with van der Waals surface area (Å²) in [6.07, 6.45) is 0. The van der Waals surface area contributed by atoms with Gasteiger partial charge in [0.2, 0.25) is 10.0 Å². The van der Waals surface area contributed by atoms with Gasteiger partial charge in [-0.3, -0.25) is 9.69 Å². The molecule has 0 spiro atoms. The second-order valence-corrected chi connectivity index (χ2v) is 9.92. The summed E-state index contributed by atoms with van der Waals surface area (Å²) in [6, 6.07) is 6.74. The van der Waals surface area contributed by atoms with Crippen molar-refractivity contribution in [2.75, 3.05) is 59.2 Å². The number of morpholine rings is 2. The molecule has 2 aromatic rings. The van der Waals surface area contributed by atoms with Gasteiger partial charge in [-0.05, 0) is 37.3 Å². The van der Waals surface area contributed by atoms with E-state index < -0.39 is 21.7 Å². The van der Waals surface area contributed by atoms with Gasteiger partial charge in [0, 0.05) is 32.7 Å². The molecule has 2 saturated heterocycles. The van der Waals surface area contributed by atoms with Crippen LogP contribution in [0.25, 0.3) is 0 Å². The molecular weight excluding hydrogens is 453 g/mol. The Morgan fingerprint density at radius 3 is 2.36 bits per heavy atom. The molecule has 0 radical (unpaired) electrons. The van der Waals surface area contributed by atoms with E-state index >= 15 is 0 Å². The molecule has 0 saturated carbocycles. The lowest BCUT2D eigenvalue weighted by Crippen LogP contribution is -2.43. The first kappa shape index (κ1) is 23.8. The Morgan fingerprint density at radius 1 is 1.06 bits per heavy atom. The van der Waals surface area contributed by atoms with E-state index in [0.29, 0.717) is 45.3 Å². The maximum absolute atomic E-state index is 14.5. The molecule has 1 amide bonds. The third kappa shape index (κ3) is 5.44. The quantitative estimate of drug-likeness (QED) is 0.640. The van der Waals surface area contributed by atoms with Crippen LogP contribution in [-0.2, 0) is 19.5 Å². The molecule has 180 valence electrons. The number of ether oxygens (including phenoxy) is 2. The lowest BCUT2D eigenvalue weighted by atomic mass is 10.1. The zero-order valence-corrected chi connectivity index (χ0v) is 19.3. The van der Waals surface area contributed by atoms with Crippen molar-refractivity contribution in [2.45, 2.75) is 17.9 Å². The van der Waals surface area contributed by atoms with Gasteiger partial charge >= 0.3 is 0 Å². The first-order valence-corrected chi connectivity index (χ1v) is 12.3. The number of carbonyl (C=O) groups excluding carboxylic acids is 1. The molecule has 1 aromatic carbocycles. The lowest BCUT2D eigenvalue weighted by Gasteiger charge is -2.33. The van der Waals surface area contributed by atoms with E-state index in [2.05, 4.69) is 10.2 Å². The molecule has 2 aliphatic rings. The van der Waals surface area contributed by atoms with Crippen molar-refractivity contribution in [1.82, 2.24) is 14.5 Å². The number of nitrogens with zero attached hydrogens (tertiary/aromatic N) is 2. The molecule has 11 heteroatoms. The Balaban J connectivity index is 1.51. The largest absolute Gasteiger partial charge is 0.465 e. The van der Waals surface area contributed by atoms with Crippen molar-refractivity contribution in [3.63, 3.8) is 0 Å². The average molecular weight is 482 g/mol. The second kappa shape index (κ2) is 10.3. The van der Waals surface area contributed by atoms with Gasteiger partial charge in [0.25, 0.3) is 5.91 Å². The number of halogens is 1. The predicted molar refractivity (Wildman–Crippen MR) is 117 cm³/mol. The topological polar surface area (TPSA) is 101 Å². The van der Waals surface area contributed by atoms with Gasteiger partial charge < -0.3 is 19.2 Å². The van der Waals surface area contributed by atoms with Crippen LogP contribution in [0, 0.1) is 12.7 Å². The first-order chi connectivity index (χ1) is 15.9. The standard InChI is InChI=1S/C22H28FN3O6S/c1-16-2-5-21(32-16)20(25-6-10-30-11-7-25)15-24-22(27)18-14-17(3-4-19(18)23)33(28,29)26-8-12-31-13-9-26/h2-5,14,20H,6-13,15H2,1H3,(H,24,27). The minimum absolute atomic E-state index is 0.123. The average Bonchev–Trinajstić information content (AvgIpc) is 3.26. The highest BCUT2D eigenvalue weighted by Crippen LogP contribution is 2.24. The number of furan rings is 1. The van der Waals surface area contributed by atoms with Crippen LogP contribution in [0.15, 0.2) is 39.6 Å². The summed E-state index contributed by atoms with van der Waals surface area (Å²) in [4.78, 5) is 14.9. The molecule has 2 fully saturated rings. The molecule has 2 aliphatic heterocycles. The maximum atomic E-state index is 14.5. The van der Waals surface area contributed by atoms with Crippen LogP contribution in [0.3, 0.4) is 0 Å². The van der Waals surface area contributed by atoms with E-state index in [1.54, 1.807) is 0 Å². The maximum Gasteiger partial charge on any atom is 0.254 e. The van der Waals surface area contributed by atoms with Gasteiger partial charge in [-0.15, -0.1) is 0 Å². The summed E-state index contributed by atoms with van der Waals surface area (Å²) in [5.41, 5.74) is -0.319. The molecule has 1 aromatic heterocycles. The molecule has 0 bridgehead atoms. The van der Waals surface area contributed by atoms with Crippen molar-refractivity contribution < 1.29 is 31.5 Å². The fourth-order valence-electron chi connectivity index (χ4n) is 3.99. The summed E-state index contributed by atoms with van der Waals surface area (Å²) >= 11 is 0. The van der Waals surface area contributed by atoms with Gasteiger partial charge in [0.05, 0.1) is 42.9 Å². The van der Waals surface area contributed by atoms with E-state index in [9.17, 15) is 17.6 Å². The highest BCUT2D eigenvalue weighted by Gasteiger charge is 2.29. The molecule has 33 heavy (non-hydrogen) atoms. The van der Waals surface area contributed by atoms with Crippen molar-refractivity contribution in [2.24, 2.45) is 0 Å². The second-order valence-electron chi connectivity index (χ2n) is 7.98. The van der Waals surface area contributed by atoms with Gasteiger partial charge in [-0.1, -0.05) is 0 Å². The number of sulfonamides is 1. The lowest BCUT2D eigenvalue weighted by molar-refractivity contribution is 0.0117. The minimum Gasteiger partial charge on any atom is -0.465 e. The molecule has 1 atom stereocenters. The van der Waals surface area contributed by atoms with Crippen LogP contribution in [-0.4, -0.2) is 82.7 Å². The molecule has 9 nitrogen and oxygen atoms in total. The van der Waals surface area contributed by atoms with E-state index in [1.165, 1.54) is 10.4 Å². The minimum atomic E-state index is -3.85. The number of hydrogen-bond donors (Lipinski definition) is 1. The van der Waals surface area contributed by atoms with E-state index in [0.717, 1.165) is 17.9 Å². The Labute approximate surface area is 192 Å². The molecule has 1 N–H and O–H groups in total. The number of rotatable bonds is 7. The summed E-state index contributed by atoms with van der Waals surface area (Å²) in [5.74, 6) is -0.0290. The number of amides is 1. The van der Waals surface area contributed by atoms with Crippen LogP contribution in [0.2, 0.25) is 0 Å². The number of carbonyl (C=O) groups is 1. The third-order valence-corrected chi connectivity index (χ3v) is 7.72. The SMILES string of the molecule is Cc1ccc(C(CNC(=O)c2cc(S(=O)(=O)N3CCOCC3)ccc2F)N2CCOCC2)o1. The van der Waals surface area contributed by atoms with Crippen molar-refractivity contribution in [3.05, 3.63) is 53.2 Å². The molecule has 1 unspecified atom stereocenters. The van der Waals surface area contributed by atoms with Gasteiger partial charge in [0.15, 0.2) is 0 Å². The van der Waals surface area contributed by atoms with Crippen LogP contribution >= 0.6 is 0 Å². The third-order valence-electron chi connectivity index (χ3n) is 5.82. The van der Waals surface area contributed by atoms with Crippen molar-refractivity contribution in [3.8, 4) is 0 Å². The van der Waals surface area contributed by atoms with Crippen molar-refractivity contribution >= 4 is 15.9 Å². The van der Waals surface area contributed by atoms with Crippen LogP contribution < -0.4 is 5.32 Å². The monoisotopic (exact) mass is 481 g/mol.